The van der Waals surface area contributed by atoms with E-state index in [2.05, 4.69) is 25.9 Å². The Kier molecular flexibility index (Phi) is 6.49. The topological polar surface area (TPSA) is 116 Å². The number of anilines is 3. The number of alkyl halides is 2. The highest BCUT2D eigenvalue weighted by Crippen LogP contribution is 2.44. The van der Waals surface area contributed by atoms with E-state index in [0.29, 0.717) is 41.1 Å². The maximum atomic E-state index is 13.1. The van der Waals surface area contributed by atoms with Crippen LogP contribution in [-0.2, 0) is 29.4 Å². The minimum absolute atomic E-state index is 0.0184. The van der Waals surface area contributed by atoms with E-state index in [1.54, 1.807) is 20.3 Å². The number of ether oxygens (including phenoxy) is 1. The smallest absolute Gasteiger partial charge is 0.341 e. The van der Waals surface area contributed by atoms with Crippen LogP contribution in [0.3, 0.4) is 0 Å². The van der Waals surface area contributed by atoms with Gasteiger partial charge in [-0.3, -0.25) is 14.0 Å². The summed E-state index contributed by atoms with van der Waals surface area (Å²) in [5.74, 6) is 0.565. The Labute approximate surface area is 210 Å². The summed E-state index contributed by atoms with van der Waals surface area (Å²) in [5, 5.41) is 18.5. The van der Waals surface area contributed by atoms with Gasteiger partial charge < -0.3 is 15.4 Å². The molecule has 192 valence electrons. The quantitative estimate of drug-likeness (QED) is 0.427. The molecule has 3 aromatic rings. The van der Waals surface area contributed by atoms with Gasteiger partial charge in [0.05, 0.1) is 12.2 Å². The Morgan fingerprint density at radius 2 is 2.14 bits per heavy atom. The van der Waals surface area contributed by atoms with E-state index in [4.69, 9.17) is 4.74 Å². The average molecular weight is 520 g/mol. The summed E-state index contributed by atoms with van der Waals surface area (Å²) >= 11 is 1.43. The molecular formula is C23H27F2N7O3S. The van der Waals surface area contributed by atoms with E-state index in [1.807, 2.05) is 11.5 Å². The predicted octanol–water partition coefficient (Wildman–Crippen LogP) is 4.26. The van der Waals surface area contributed by atoms with Crippen LogP contribution in [0.15, 0.2) is 12.4 Å². The van der Waals surface area contributed by atoms with Crippen LogP contribution in [0.4, 0.5) is 25.5 Å². The Morgan fingerprint density at radius 3 is 2.81 bits per heavy atom. The van der Waals surface area contributed by atoms with E-state index in [9.17, 15) is 18.4 Å². The fourth-order valence-corrected chi connectivity index (χ4v) is 5.86. The second kappa shape index (κ2) is 9.60. The summed E-state index contributed by atoms with van der Waals surface area (Å²) in [5.41, 5.74) is 0.939. The second-order valence-corrected chi connectivity index (χ2v) is 10.3. The van der Waals surface area contributed by atoms with Crippen molar-refractivity contribution in [2.75, 3.05) is 17.2 Å². The SMILES string of the molecule is CCOC(=O)c1c(NC(=O)[C@H]2C[C@@H]2C)sc2c1C[C@@H](n1cnnc1Nc1cc(C(F)F)nn1C)CC2. The molecule has 0 radical (unpaired) electrons. The first-order valence-corrected chi connectivity index (χ1v) is 12.7. The summed E-state index contributed by atoms with van der Waals surface area (Å²) in [6.07, 6.45) is 1.71. The third-order valence-corrected chi connectivity index (χ3v) is 7.93. The number of aryl methyl sites for hydroxylation is 2. The Morgan fingerprint density at radius 1 is 1.36 bits per heavy atom. The maximum absolute atomic E-state index is 13.1. The molecule has 0 spiro atoms. The number of hydrogen-bond donors (Lipinski definition) is 2. The van der Waals surface area contributed by atoms with Crippen molar-refractivity contribution in [3.8, 4) is 0 Å². The van der Waals surface area contributed by atoms with Crippen LogP contribution in [0.5, 0.6) is 0 Å². The molecule has 3 atom stereocenters. The summed E-state index contributed by atoms with van der Waals surface area (Å²) in [6, 6.07) is 1.18. The Bertz CT molecular complexity index is 1300. The lowest BCUT2D eigenvalue weighted by Gasteiger charge is -2.25. The molecule has 0 aromatic carbocycles. The number of carbonyl (C=O) groups excluding carboxylic acids is 2. The third-order valence-electron chi connectivity index (χ3n) is 6.73. The molecule has 0 unspecified atom stereocenters. The summed E-state index contributed by atoms with van der Waals surface area (Å²) in [6.45, 7) is 4.01. The second-order valence-electron chi connectivity index (χ2n) is 9.20. The van der Waals surface area contributed by atoms with Gasteiger partial charge in [0.25, 0.3) is 6.43 Å². The van der Waals surface area contributed by atoms with Crippen molar-refractivity contribution in [2.24, 2.45) is 18.9 Å². The van der Waals surface area contributed by atoms with Crippen molar-refractivity contribution in [2.45, 2.75) is 52.0 Å². The molecule has 5 rings (SSSR count). The fourth-order valence-electron chi connectivity index (χ4n) is 4.63. The number of halogens is 2. The van der Waals surface area contributed by atoms with Gasteiger partial charge in [0.15, 0.2) is 0 Å². The minimum atomic E-state index is -2.68. The number of thiophene rings is 1. The summed E-state index contributed by atoms with van der Waals surface area (Å²) in [7, 11) is 1.57. The van der Waals surface area contributed by atoms with Crippen LogP contribution < -0.4 is 10.6 Å². The fraction of sp³-hybridized carbons (Fsp3) is 0.522. The monoisotopic (exact) mass is 519 g/mol. The number of carbonyl (C=O) groups is 2. The van der Waals surface area contributed by atoms with Crippen LogP contribution in [0.25, 0.3) is 0 Å². The zero-order valence-corrected chi connectivity index (χ0v) is 20.9. The molecule has 1 fully saturated rings. The number of amides is 1. The highest BCUT2D eigenvalue weighted by Gasteiger charge is 2.40. The first kappa shape index (κ1) is 24.3. The number of nitrogens with zero attached hydrogens (tertiary/aromatic N) is 5. The van der Waals surface area contributed by atoms with Gasteiger partial charge in [-0.25, -0.2) is 13.6 Å². The van der Waals surface area contributed by atoms with Crippen LogP contribution in [0.2, 0.25) is 0 Å². The highest BCUT2D eigenvalue weighted by atomic mass is 32.1. The normalized spacial score (nSPS) is 20.8. The van der Waals surface area contributed by atoms with Crippen molar-refractivity contribution in [3.05, 3.63) is 34.1 Å². The molecule has 0 saturated heterocycles. The minimum Gasteiger partial charge on any atom is -0.462 e. The van der Waals surface area contributed by atoms with Gasteiger partial charge in [0.2, 0.25) is 11.9 Å². The highest BCUT2D eigenvalue weighted by molar-refractivity contribution is 7.17. The van der Waals surface area contributed by atoms with Crippen LogP contribution in [0.1, 0.15) is 65.6 Å². The standard InChI is InChI=1S/C23H27F2N7O3S/c1-4-35-22(34)18-14-8-12(5-6-16(14)36-21(18)28-20(33)13-7-11(13)2)32-10-26-29-23(32)27-17-9-15(19(24)25)30-31(17)3/h9-13,19H,4-8H2,1-3H3,(H,27,29)(H,28,33)/t11-,12-,13-/m0/s1. The summed E-state index contributed by atoms with van der Waals surface area (Å²) in [4.78, 5) is 26.6. The Balaban J connectivity index is 1.41. The zero-order chi connectivity index (χ0) is 25.6. The van der Waals surface area contributed by atoms with Crippen molar-refractivity contribution < 1.29 is 23.1 Å². The van der Waals surface area contributed by atoms with Crippen LogP contribution >= 0.6 is 11.3 Å². The Hall–Kier alpha value is -3.35. The lowest BCUT2D eigenvalue weighted by atomic mass is 9.91. The summed E-state index contributed by atoms with van der Waals surface area (Å²) < 4.78 is 34.6. The number of fused-ring (bicyclic) bond motifs is 1. The molecular weight excluding hydrogens is 492 g/mol. The van der Waals surface area contributed by atoms with Crippen molar-refractivity contribution in [3.63, 3.8) is 0 Å². The predicted molar refractivity (Wildman–Crippen MR) is 129 cm³/mol. The molecule has 1 amide bonds. The molecule has 2 aliphatic carbocycles. The number of rotatable bonds is 8. The van der Waals surface area contributed by atoms with Gasteiger partial charge in [0.1, 0.15) is 22.8 Å². The molecule has 3 aromatic heterocycles. The van der Waals surface area contributed by atoms with E-state index < -0.39 is 12.4 Å². The molecule has 2 aliphatic rings. The molecule has 36 heavy (non-hydrogen) atoms. The molecule has 2 N–H and O–H groups in total. The molecule has 3 heterocycles. The number of aromatic nitrogens is 5. The third kappa shape index (κ3) is 4.59. The van der Waals surface area contributed by atoms with E-state index in [0.717, 1.165) is 23.3 Å². The van der Waals surface area contributed by atoms with Crippen molar-refractivity contribution in [1.82, 2.24) is 24.5 Å². The molecule has 1 saturated carbocycles. The first-order valence-electron chi connectivity index (χ1n) is 11.9. The number of esters is 1. The molecule has 10 nitrogen and oxygen atoms in total. The van der Waals surface area contributed by atoms with Gasteiger partial charge in [-0.05, 0) is 44.1 Å². The van der Waals surface area contributed by atoms with Crippen LogP contribution in [-0.4, -0.2) is 43.0 Å². The molecule has 13 heteroatoms. The molecule has 0 aliphatic heterocycles. The largest absolute Gasteiger partial charge is 0.462 e. The lowest BCUT2D eigenvalue weighted by molar-refractivity contribution is -0.117. The van der Waals surface area contributed by atoms with Gasteiger partial charge in [-0.15, -0.1) is 21.5 Å². The van der Waals surface area contributed by atoms with E-state index in [-0.39, 0.29) is 30.2 Å². The number of hydrogen-bond acceptors (Lipinski definition) is 8. The van der Waals surface area contributed by atoms with Gasteiger partial charge in [0, 0.05) is 30.0 Å². The maximum Gasteiger partial charge on any atom is 0.341 e. The van der Waals surface area contributed by atoms with E-state index >= 15 is 0 Å². The van der Waals surface area contributed by atoms with E-state index in [1.165, 1.54) is 22.1 Å². The van der Waals surface area contributed by atoms with Gasteiger partial charge >= 0.3 is 5.97 Å². The van der Waals surface area contributed by atoms with Crippen molar-refractivity contribution in [1.29, 1.82) is 0 Å². The zero-order valence-electron chi connectivity index (χ0n) is 20.1. The van der Waals surface area contributed by atoms with Crippen LogP contribution in [0, 0.1) is 11.8 Å². The average Bonchev–Trinajstić information content (AvgIpc) is 3.15. The lowest BCUT2D eigenvalue weighted by Crippen LogP contribution is -2.21. The van der Waals surface area contributed by atoms with Crippen molar-refractivity contribution >= 4 is 40.0 Å². The molecule has 0 bridgehead atoms. The van der Waals surface area contributed by atoms with Gasteiger partial charge in [-0.1, -0.05) is 6.92 Å². The number of nitrogens with one attached hydrogen (secondary N) is 2. The first-order chi connectivity index (χ1) is 17.3. The van der Waals surface area contributed by atoms with Gasteiger partial charge in [-0.2, -0.15) is 5.10 Å².